The Morgan fingerprint density at radius 1 is 1.27 bits per heavy atom. The summed E-state index contributed by atoms with van der Waals surface area (Å²) in [5.74, 6) is 0.946. The zero-order valence-corrected chi connectivity index (χ0v) is 12.3. The SMILES string of the molecule is O=C(O)c1ccc(-c2noc(CCC3CCNCC3)n2)cc1. The lowest BCUT2D eigenvalue weighted by atomic mass is 9.93. The molecule has 2 aromatic rings. The first kappa shape index (κ1) is 14.7. The van der Waals surface area contributed by atoms with Gasteiger partial charge in [-0.25, -0.2) is 4.79 Å². The van der Waals surface area contributed by atoms with Crippen LogP contribution in [0.2, 0.25) is 0 Å². The fourth-order valence-electron chi connectivity index (χ4n) is 2.73. The standard InChI is InChI=1S/C16H19N3O3/c20-16(21)13-4-2-12(3-5-13)15-18-14(22-19-15)6-1-11-7-9-17-10-8-11/h2-5,11,17H,1,6-10H2,(H,20,21). The third kappa shape index (κ3) is 3.51. The van der Waals surface area contributed by atoms with Crippen LogP contribution in [0.15, 0.2) is 28.8 Å². The molecular weight excluding hydrogens is 282 g/mol. The van der Waals surface area contributed by atoms with Gasteiger partial charge in [0.15, 0.2) is 0 Å². The average Bonchev–Trinajstić information content (AvgIpc) is 3.03. The van der Waals surface area contributed by atoms with Gasteiger partial charge in [-0.2, -0.15) is 4.98 Å². The zero-order chi connectivity index (χ0) is 15.4. The van der Waals surface area contributed by atoms with Crippen LogP contribution in [0.25, 0.3) is 11.4 Å². The van der Waals surface area contributed by atoms with Crippen molar-refractivity contribution in [1.29, 1.82) is 0 Å². The molecule has 0 saturated carbocycles. The van der Waals surface area contributed by atoms with E-state index in [-0.39, 0.29) is 5.56 Å². The Bertz CT molecular complexity index is 630. The maximum atomic E-state index is 10.8. The number of hydrogen-bond donors (Lipinski definition) is 2. The average molecular weight is 301 g/mol. The molecule has 1 aromatic heterocycles. The maximum Gasteiger partial charge on any atom is 0.335 e. The van der Waals surface area contributed by atoms with Crippen LogP contribution in [0.4, 0.5) is 0 Å². The van der Waals surface area contributed by atoms with Crippen molar-refractivity contribution in [2.75, 3.05) is 13.1 Å². The molecule has 1 aliphatic rings. The minimum Gasteiger partial charge on any atom is -0.478 e. The van der Waals surface area contributed by atoms with Gasteiger partial charge < -0.3 is 14.9 Å². The molecule has 0 radical (unpaired) electrons. The highest BCUT2D eigenvalue weighted by molar-refractivity contribution is 5.88. The van der Waals surface area contributed by atoms with Crippen molar-refractivity contribution in [1.82, 2.24) is 15.5 Å². The molecule has 1 fully saturated rings. The van der Waals surface area contributed by atoms with Crippen molar-refractivity contribution in [3.05, 3.63) is 35.7 Å². The summed E-state index contributed by atoms with van der Waals surface area (Å²) >= 11 is 0. The summed E-state index contributed by atoms with van der Waals surface area (Å²) in [6.07, 6.45) is 4.28. The van der Waals surface area contributed by atoms with E-state index >= 15 is 0 Å². The van der Waals surface area contributed by atoms with Crippen LogP contribution in [0.5, 0.6) is 0 Å². The summed E-state index contributed by atoms with van der Waals surface area (Å²) in [7, 11) is 0. The predicted octanol–water partition coefficient (Wildman–Crippen LogP) is 2.37. The fraction of sp³-hybridized carbons (Fsp3) is 0.438. The Balaban J connectivity index is 1.61. The highest BCUT2D eigenvalue weighted by Crippen LogP contribution is 2.20. The van der Waals surface area contributed by atoms with E-state index in [4.69, 9.17) is 9.63 Å². The Kier molecular flexibility index (Phi) is 4.48. The second-order valence-corrected chi connectivity index (χ2v) is 5.63. The van der Waals surface area contributed by atoms with Gasteiger partial charge in [0.2, 0.25) is 11.7 Å². The van der Waals surface area contributed by atoms with E-state index < -0.39 is 5.97 Å². The van der Waals surface area contributed by atoms with Crippen molar-refractivity contribution >= 4 is 5.97 Å². The predicted molar refractivity (Wildman–Crippen MR) is 80.6 cm³/mol. The minimum atomic E-state index is -0.942. The zero-order valence-electron chi connectivity index (χ0n) is 12.3. The fourth-order valence-corrected chi connectivity index (χ4v) is 2.73. The first-order chi connectivity index (χ1) is 10.7. The summed E-state index contributed by atoms with van der Waals surface area (Å²) in [6, 6.07) is 6.49. The number of nitrogens with one attached hydrogen (secondary N) is 1. The number of carboxylic acid groups (broad SMARTS) is 1. The minimum absolute atomic E-state index is 0.248. The van der Waals surface area contributed by atoms with Crippen LogP contribution in [0.3, 0.4) is 0 Å². The molecule has 1 saturated heterocycles. The number of benzene rings is 1. The number of aryl methyl sites for hydroxylation is 1. The smallest absolute Gasteiger partial charge is 0.335 e. The van der Waals surface area contributed by atoms with E-state index in [2.05, 4.69) is 15.5 Å². The van der Waals surface area contributed by atoms with Gasteiger partial charge in [0.25, 0.3) is 0 Å². The molecule has 0 spiro atoms. The molecule has 0 aliphatic carbocycles. The summed E-state index contributed by atoms with van der Waals surface area (Å²) in [5, 5.41) is 16.2. The highest BCUT2D eigenvalue weighted by atomic mass is 16.5. The van der Waals surface area contributed by atoms with E-state index in [1.807, 2.05) is 0 Å². The van der Waals surface area contributed by atoms with Crippen molar-refractivity contribution in [3.8, 4) is 11.4 Å². The molecule has 2 N–H and O–H groups in total. The Morgan fingerprint density at radius 2 is 2.00 bits per heavy atom. The van der Waals surface area contributed by atoms with E-state index in [9.17, 15) is 4.79 Å². The van der Waals surface area contributed by atoms with Gasteiger partial charge in [-0.05, 0) is 50.4 Å². The largest absolute Gasteiger partial charge is 0.478 e. The lowest BCUT2D eigenvalue weighted by Crippen LogP contribution is -2.27. The molecule has 0 atom stereocenters. The van der Waals surface area contributed by atoms with Crippen LogP contribution in [-0.2, 0) is 6.42 Å². The third-order valence-corrected chi connectivity index (χ3v) is 4.08. The number of nitrogens with zero attached hydrogens (tertiary/aromatic N) is 2. The topological polar surface area (TPSA) is 88.2 Å². The highest BCUT2D eigenvalue weighted by Gasteiger charge is 2.15. The van der Waals surface area contributed by atoms with Crippen LogP contribution in [-0.4, -0.2) is 34.3 Å². The summed E-state index contributed by atoms with van der Waals surface area (Å²) < 4.78 is 5.29. The number of aromatic carboxylic acids is 1. The number of piperidine rings is 1. The number of carboxylic acids is 1. The Morgan fingerprint density at radius 3 is 2.68 bits per heavy atom. The molecule has 0 amide bonds. The molecular formula is C16H19N3O3. The molecule has 116 valence electrons. The quantitative estimate of drug-likeness (QED) is 0.881. The van der Waals surface area contributed by atoms with Crippen LogP contribution in [0.1, 0.15) is 35.5 Å². The van der Waals surface area contributed by atoms with Gasteiger partial charge in [0, 0.05) is 12.0 Å². The van der Waals surface area contributed by atoms with Crippen LogP contribution in [0, 0.1) is 5.92 Å². The summed E-state index contributed by atoms with van der Waals surface area (Å²) in [5.41, 5.74) is 1.01. The molecule has 6 heteroatoms. The second-order valence-electron chi connectivity index (χ2n) is 5.63. The Labute approximate surface area is 128 Å². The first-order valence-corrected chi connectivity index (χ1v) is 7.59. The summed E-state index contributed by atoms with van der Waals surface area (Å²) in [4.78, 5) is 15.2. The van der Waals surface area contributed by atoms with Gasteiger partial charge in [0.05, 0.1) is 5.56 Å². The molecule has 0 unspecified atom stereocenters. The van der Waals surface area contributed by atoms with Gasteiger partial charge >= 0.3 is 5.97 Å². The molecule has 0 bridgehead atoms. The molecule has 1 aliphatic heterocycles. The normalized spacial score (nSPS) is 15.8. The molecule has 2 heterocycles. The maximum absolute atomic E-state index is 10.8. The summed E-state index contributed by atoms with van der Waals surface area (Å²) in [6.45, 7) is 2.19. The van der Waals surface area contributed by atoms with Crippen LogP contribution < -0.4 is 5.32 Å². The number of carbonyl (C=O) groups is 1. The van der Waals surface area contributed by atoms with E-state index in [0.29, 0.717) is 11.7 Å². The van der Waals surface area contributed by atoms with Gasteiger partial charge in [-0.15, -0.1) is 0 Å². The van der Waals surface area contributed by atoms with Gasteiger partial charge in [-0.1, -0.05) is 17.3 Å². The second kappa shape index (κ2) is 6.70. The Hall–Kier alpha value is -2.21. The van der Waals surface area contributed by atoms with Gasteiger partial charge in [0.1, 0.15) is 0 Å². The van der Waals surface area contributed by atoms with E-state index in [1.165, 1.54) is 12.8 Å². The number of rotatable bonds is 5. The lowest BCUT2D eigenvalue weighted by Gasteiger charge is -2.21. The first-order valence-electron chi connectivity index (χ1n) is 7.59. The molecule has 1 aromatic carbocycles. The molecule has 3 rings (SSSR count). The lowest BCUT2D eigenvalue weighted by molar-refractivity contribution is 0.0697. The molecule has 22 heavy (non-hydrogen) atoms. The third-order valence-electron chi connectivity index (χ3n) is 4.08. The van der Waals surface area contributed by atoms with Crippen LogP contribution >= 0.6 is 0 Å². The van der Waals surface area contributed by atoms with E-state index in [1.54, 1.807) is 24.3 Å². The molecule has 6 nitrogen and oxygen atoms in total. The van der Waals surface area contributed by atoms with Crippen molar-refractivity contribution < 1.29 is 14.4 Å². The monoisotopic (exact) mass is 301 g/mol. The van der Waals surface area contributed by atoms with Gasteiger partial charge in [-0.3, -0.25) is 0 Å². The van der Waals surface area contributed by atoms with Crippen molar-refractivity contribution in [3.63, 3.8) is 0 Å². The van der Waals surface area contributed by atoms with E-state index in [0.717, 1.165) is 37.4 Å². The number of hydrogen-bond acceptors (Lipinski definition) is 5. The number of aromatic nitrogens is 2. The van der Waals surface area contributed by atoms with Crippen molar-refractivity contribution in [2.24, 2.45) is 5.92 Å². The van der Waals surface area contributed by atoms with Crippen molar-refractivity contribution in [2.45, 2.75) is 25.7 Å².